The van der Waals surface area contributed by atoms with Gasteiger partial charge < -0.3 is 15.3 Å². The lowest BCUT2D eigenvalue weighted by atomic mass is 10.0. The fourth-order valence-corrected chi connectivity index (χ4v) is 2.89. The van der Waals surface area contributed by atoms with Crippen molar-refractivity contribution >= 4 is 17.8 Å². The molecule has 1 saturated heterocycles. The number of piperidine rings is 1. The van der Waals surface area contributed by atoms with Crippen molar-refractivity contribution in [2.45, 2.75) is 45.1 Å². The van der Waals surface area contributed by atoms with Gasteiger partial charge >= 0.3 is 5.97 Å². The standard InChI is InChI=1S/C18H24N2O4/c1-2-3-8-16(21)20-11-9-13(10-12-20)19-17(22)14-6-4-5-7-15(14)18(23)24/h4-7,13H,2-3,8-12H2,1H3,(H,19,22)(H,23,24). The topological polar surface area (TPSA) is 86.7 Å². The Morgan fingerprint density at radius 2 is 1.79 bits per heavy atom. The quantitative estimate of drug-likeness (QED) is 0.837. The third-order valence-corrected chi connectivity index (χ3v) is 4.33. The van der Waals surface area contributed by atoms with E-state index in [1.807, 2.05) is 4.90 Å². The first-order valence-electron chi connectivity index (χ1n) is 8.44. The number of carboxylic acid groups (broad SMARTS) is 1. The molecule has 130 valence electrons. The molecular weight excluding hydrogens is 308 g/mol. The lowest BCUT2D eigenvalue weighted by Crippen LogP contribution is -2.46. The number of likely N-dealkylation sites (tertiary alicyclic amines) is 1. The van der Waals surface area contributed by atoms with E-state index in [4.69, 9.17) is 5.11 Å². The van der Waals surface area contributed by atoms with Crippen molar-refractivity contribution in [2.75, 3.05) is 13.1 Å². The molecule has 0 spiro atoms. The van der Waals surface area contributed by atoms with Crippen molar-refractivity contribution in [3.63, 3.8) is 0 Å². The van der Waals surface area contributed by atoms with E-state index in [9.17, 15) is 14.4 Å². The van der Waals surface area contributed by atoms with Gasteiger partial charge in [-0.1, -0.05) is 25.5 Å². The second-order valence-corrected chi connectivity index (χ2v) is 6.08. The summed E-state index contributed by atoms with van der Waals surface area (Å²) < 4.78 is 0. The van der Waals surface area contributed by atoms with Gasteiger partial charge in [-0.05, 0) is 31.4 Å². The molecule has 2 N–H and O–H groups in total. The van der Waals surface area contributed by atoms with E-state index in [1.165, 1.54) is 12.1 Å². The zero-order chi connectivity index (χ0) is 17.5. The summed E-state index contributed by atoms with van der Waals surface area (Å²) >= 11 is 0. The average Bonchev–Trinajstić information content (AvgIpc) is 2.60. The van der Waals surface area contributed by atoms with E-state index in [1.54, 1.807) is 12.1 Å². The largest absolute Gasteiger partial charge is 0.478 e. The summed E-state index contributed by atoms with van der Waals surface area (Å²) in [5, 5.41) is 12.1. The molecule has 0 saturated carbocycles. The molecule has 6 nitrogen and oxygen atoms in total. The molecule has 0 atom stereocenters. The normalized spacial score (nSPS) is 15.1. The molecule has 0 aliphatic carbocycles. The molecule has 2 amide bonds. The zero-order valence-electron chi connectivity index (χ0n) is 14.0. The molecule has 0 bridgehead atoms. The van der Waals surface area contributed by atoms with Gasteiger partial charge in [0.2, 0.25) is 5.91 Å². The van der Waals surface area contributed by atoms with Crippen LogP contribution >= 0.6 is 0 Å². The minimum absolute atomic E-state index is 0.00202. The monoisotopic (exact) mass is 332 g/mol. The first kappa shape index (κ1) is 18.0. The van der Waals surface area contributed by atoms with E-state index in [0.29, 0.717) is 32.4 Å². The number of aromatic carboxylic acids is 1. The van der Waals surface area contributed by atoms with Crippen LogP contribution in [0.2, 0.25) is 0 Å². The highest BCUT2D eigenvalue weighted by Gasteiger charge is 2.25. The number of hydrogen-bond donors (Lipinski definition) is 2. The fraction of sp³-hybridized carbons (Fsp3) is 0.500. The number of benzene rings is 1. The number of nitrogens with zero attached hydrogens (tertiary/aromatic N) is 1. The Labute approximate surface area is 141 Å². The van der Waals surface area contributed by atoms with Crippen LogP contribution in [0.5, 0.6) is 0 Å². The number of unbranched alkanes of at least 4 members (excludes halogenated alkanes) is 1. The smallest absolute Gasteiger partial charge is 0.336 e. The Morgan fingerprint density at radius 3 is 2.38 bits per heavy atom. The third-order valence-electron chi connectivity index (χ3n) is 4.33. The van der Waals surface area contributed by atoms with E-state index in [2.05, 4.69) is 12.2 Å². The number of nitrogens with one attached hydrogen (secondary N) is 1. The van der Waals surface area contributed by atoms with Gasteiger partial charge in [-0.25, -0.2) is 4.79 Å². The molecule has 1 fully saturated rings. The van der Waals surface area contributed by atoms with Gasteiger partial charge in [0.05, 0.1) is 11.1 Å². The van der Waals surface area contributed by atoms with Gasteiger partial charge in [0, 0.05) is 25.6 Å². The Kier molecular flexibility index (Phi) is 6.35. The highest BCUT2D eigenvalue weighted by molar-refractivity contribution is 6.04. The first-order valence-corrected chi connectivity index (χ1v) is 8.44. The molecule has 2 rings (SSSR count). The van der Waals surface area contributed by atoms with Crippen LogP contribution in [0.1, 0.15) is 59.7 Å². The van der Waals surface area contributed by atoms with Crippen LogP contribution in [0.15, 0.2) is 24.3 Å². The van der Waals surface area contributed by atoms with Crippen LogP contribution in [-0.4, -0.2) is 46.9 Å². The molecule has 24 heavy (non-hydrogen) atoms. The summed E-state index contributed by atoms with van der Waals surface area (Å²) in [5.74, 6) is -1.31. The highest BCUT2D eigenvalue weighted by atomic mass is 16.4. The maximum Gasteiger partial charge on any atom is 0.336 e. The lowest BCUT2D eigenvalue weighted by molar-refractivity contribution is -0.132. The van der Waals surface area contributed by atoms with Crippen molar-refractivity contribution in [2.24, 2.45) is 0 Å². The molecule has 1 aliphatic rings. The van der Waals surface area contributed by atoms with Gasteiger partial charge in [0.1, 0.15) is 0 Å². The van der Waals surface area contributed by atoms with Crippen LogP contribution in [0, 0.1) is 0 Å². The van der Waals surface area contributed by atoms with Crippen molar-refractivity contribution in [3.8, 4) is 0 Å². The number of hydrogen-bond acceptors (Lipinski definition) is 3. The van der Waals surface area contributed by atoms with E-state index in [0.717, 1.165) is 12.8 Å². The van der Waals surface area contributed by atoms with E-state index < -0.39 is 5.97 Å². The van der Waals surface area contributed by atoms with Crippen LogP contribution in [-0.2, 0) is 4.79 Å². The number of carbonyl (C=O) groups excluding carboxylic acids is 2. The lowest BCUT2D eigenvalue weighted by Gasteiger charge is -2.32. The van der Waals surface area contributed by atoms with Gasteiger partial charge in [-0.2, -0.15) is 0 Å². The molecular formula is C18H24N2O4. The summed E-state index contributed by atoms with van der Waals surface area (Å²) in [5.41, 5.74) is 0.175. The predicted octanol–water partition coefficient (Wildman–Crippen LogP) is 2.30. The molecule has 1 aromatic carbocycles. The molecule has 6 heteroatoms. The maximum atomic E-state index is 12.3. The van der Waals surface area contributed by atoms with Crippen molar-refractivity contribution in [3.05, 3.63) is 35.4 Å². The molecule has 0 radical (unpaired) electrons. The summed E-state index contributed by atoms with van der Waals surface area (Å²) in [7, 11) is 0. The minimum atomic E-state index is -1.11. The number of amides is 2. The van der Waals surface area contributed by atoms with Crippen LogP contribution in [0.3, 0.4) is 0 Å². The summed E-state index contributed by atoms with van der Waals surface area (Å²) in [6, 6.07) is 6.15. The molecule has 1 heterocycles. The second-order valence-electron chi connectivity index (χ2n) is 6.08. The van der Waals surface area contributed by atoms with Crippen molar-refractivity contribution in [1.29, 1.82) is 0 Å². The number of carbonyl (C=O) groups is 3. The Morgan fingerprint density at radius 1 is 1.17 bits per heavy atom. The Hall–Kier alpha value is -2.37. The van der Waals surface area contributed by atoms with E-state index in [-0.39, 0.29) is 29.0 Å². The molecule has 0 unspecified atom stereocenters. The highest BCUT2D eigenvalue weighted by Crippen LogP contribution is 2.15. The molecule has 0 aromatic heterocycles. The summed E-state index contributed by atoms with van der Waals surface area (Å²) in [6.07, 6.45) is 3.87. The molecule has 1 aliphatic heterocycles. The van der Waals surface area contributed by atoms with Crippen LogP contribution in [0.4, 0.5) is 0 Å². The SMILES string of the molecule is CCCCC(=O)N1CCC(NC(=O)c2ccccc2C(=O)O)CC1. The van der Waals surface area contributed by atoms with Crippen molar-refractivity contribution in [1.82, 2.24) is 10.2 Å². The van der Waals surface area contributed by atoms with Gasteiger partial charge in [-0.15, -0.1) is 0 Å². The first-order chi connectivity index (χ1) is 11.5. The van der Waals surface area contributed by atoms with Crippen LogP contribution < -0.4 is 5.32 Å². The average molecular weight is 332 g/mol. The minimum Gasteiger partial charge on any atom is -0.478 e. The van der Waals surface area contributed by atoms with Gasteiger partial charge in [-0.3, -0.25) is 9.59 Å². The predicted molar refractivity (Wildman–Crippen MR) is 90.0 cm³/mol. The number of carboxylic acids is 1. The van der Waals surface area contributed by atoms with Gasteiger partial charge in [0.15, 0.2) is 0 Å². The fourth-order valence-electron chi connectivity index (χ4n) is 2.89. The van der Waals surface area contributed by atoms with Crippen LogP contribution in [0.25, 0.3) is 0 Å². The second kappa shape index (κ2) is 8.47. The van der Waals surface area contributed by atoms with Crippen molar-refractivity contribution < 1.29 is 19.5 Å². The third kappa shape index (κ3) is 4.57. The summed E-state index contributed by atoms with van der Waals surface area (Å²) in [6.45, 7) is 3.33. The van der Waals surface area contributed by atoms with Gasteiger partial charge in [0.25, 0.3) is 5.91 Å². The molecule has 1 aromatic rings. The number of rotatable bonds is 6. The summed E-state index contributed by atoms with van der Waals surface area (Å²) in [4.78, 5) is 37.4. The maximum absolute atomic E-state index is 12.3. The Balaban J connectivity index is 1.89. The van der Waals surface area contributed by atoms with E-state index >= 15 is 0 Å². The Bertz CT molecular complexity index is 607. The zero-order valence-corrected chi connectivity index (χ0v) is 14.0.